The first kappa shape index (κ1) is 17.2. The molecule has 0 unspecified atom stereocenters. The van der Waals surface area contributed by atoms with Crippen molar-refractivity contribution in [2.75, 3.05) is 18.3 Å². The van der Waals surface area contributed by atoms with Gasteiger partial charge < -0.3 is 4.57 Å². The lowest BCUT2D eigenvalue weighted by atomic mass is 10.3. The highest BCUT2D eigenvalue weighted by atomic mass is 35.5. The maximum atomic E-state index is 11.4. The number of aromatic nitrogens is 2. The molecule has 7 nitrogen and oxygen atoms in total. The fourth-order valence-electron chi connectivity index (χ4n) is 1.97. The Balaban J connectivity index is 2.43. The zero-order valence-corrected chi connectivity index (χ0v) is 14.4. The summed E-state index contributed by atoms with van der Waals surface area (Å²) in [7, 11) is -6.78. The normalized spacial score (nSPS) is 12.9. The SMILES string of the molecule is CS(=O)(=O)CCn1c(COS(C)(=O)=O)cc2cc(Cl)cnc21. The number of fused-ring (bicyclic) bond motifs is 1. The summed E-state index contributed by atoms with van der Waals surface area (Å²) in [5, 5.41) is 1.12. The molecule has 2 aromatic rings. The molecule has 0 saturated carbocycles. The summed E-state index contributed by atoms with van der Waals surface area (Å²) in [5.74, 6) is -0.0903. The van der Waals surface area contributed by atoms with E-state index in [1.54, 1.807) is 16.7 Å². The highest BCUT2D eigenvalue weighted by Crippen LogP contribution is 2.22. The molecule has 122 valence electrons. The minimum absolute atomic E-state index is 0.0903. The first-order valence-corrected chi connectivity index (χ1v) is 10.5. The number of sulfone groups is 1. The van der Waals surface area contributed by atoms with Crippen LogP contribution in [-0.4, -0.2) is 44.7 Å². The largest absolute Gasteiger partial charge is 0.326 e. The van der Waals surface area contributed by atoms with Crippen molar-refractivity contribution < 1.29 is 21.0 Å². The maximum absolute atomic E-state index is 11.4. The Morgan fingerprint density at radius 2 is 1.91 bits per heavy atom. The van der Waals surface area contributed by atoms with Crippen molar-refractivity contribution in [2.24, 2.45) is 0 Å². The monoisotopic (exact) mass is 366 g/mol. The maximum Gasteiger partial charge on any atom is 0.264 e. The Morgan fingerprint density at radius 1 is 1.23 bits per heavy atom. The second-order valence-corrected chi connectivity index (χ2v) is 9.29. The highest BCUT2D eigenvalue weighted by Gasteiger charge is 2.14. The third kappa shape index (κ3) is 4.67. The lowest BCUT2D eigenvalue weighted by molar-refractivity contribution is 0.302. The van der Waals surface area contributed by atoms with Gasteiger partial charge in [0.2, 0.25) is 0 Å². The molecule has 0 bridgehead atoms. The van der Waals surface area contributed by atoms with Crippen molar-refractivity contribution in [1.82, 2.24) is 9.55 Å². The van der Waals surface area contributed by atoms with E-state index in [0.717, 1.165) is 12.5 Å². The predicted octanol–water partition coefficient (Wildman–Crippen LogP) is 1.21. The first-order chi connectivity index (χ1) is 10.1. The van der Waals surface area contributed by atoms with Crippen LogP contribution in [0.4, 0.5) is 0 Å². The summed E-state index contributed by atoms with van der Waals surface area (Å²) >= 11 is 5.88. The molecule has 0 N–H and O–H groups in total. The average molecular weight is 367 g/mol. The fraction of sp³-hybridized carbons (Fsp3) is 0.417. The second kappa shape index (κ2) is 6.15. The Bertz CT molecular complexity index is 903. The van der Waals surface area contributed by atoms with Gasteiger partial charge in [0.25, 0.3) is 10.1 Å². The Labute approximate surface area is 133 Å². The van der Waals surface area contributed by atoms with Gasteiger partial charge in [-0.2, -0.15) is 8.42 Å². The van der Waals surface area contributed by atoms with Crippen molar-refractivity contribution in [2.45, 2.75) is 13.2 Å². The van der Waals surface area contributed by atoms with Gasteiger partial charge in [0.05, 0.1) is 17.0 Å². The van der Waals surface area contributed by atoms with Gasteiger partial charge in [-0.05, 0) is 12.1 Å². The molecule has 0 fully saturated rings. The van der Waals surface area contributed by atoms with Crippen molar-refractivity contribution in [3.8, 4) is 0 Å². The molecule has 2 aromatic heterocycles. The fourth-order valence-corrected chi connectivity index (χ4v) is 2.98. The summed E-state index contributed by atoms with van der Waals surface area (Å²) in [6.45, 7) is -0.0456. The van der Waals surface area contributed by atoms with Gasteiger partial charge in [0.1, 0.15) is 22.1 Å². The van der Waals surface area contributed by atoms with Gasteiger partial charge in [-0.1, -0.05) is 11.6 Å². The van der Waals surface area contributed by atoms with Crippen molar-refractivity contribution in [3.63, 3.8) is 0 Å². The molecule has 0 radical (unpaired) electrons. The molecular weight excluding hydrogens is 352 g/mol. The number of halogens is 1. The minimum atomic E-state index is -3.61. The molecular formula is C12H15ClN2O5S2. The number of pyridine rings is 1. The van der Waals surface area contributed by atoms with Gasteiger partial charge >= 0.3 is 0 Å². The number of hydrogen-bond acceptors (Lipinski definition) is 6. The minimum Gasteiger partial charge on any atom is -0.326 e. The van der Waals surface area contributed by atoms with Crippen LogP contribution >= 0.6 is 11.6 Å². The van der Waals surface area contributed by atoms with E-state index in [0.29, 0.717) is 21.7 Å². The molecule has 0 aliphatic carbocycles. The Morgan fingerprint density at radius 3 is 2.50 bits per heavy atom. The molecule has 0 atom stereocenters. The summed E-state index contributed by atoms with van der Waals surface area (Å²) < 4.78 is 51.4. The van der Waals surface area contributed by atoms with Crippen LogP contribution in [0.3, 0.4) is 0 Å². The second-order valence-electron chi connectivity index (χ2n) is 4.95. The number of nitrogens with zero attached hydrogens (tertiary/aromatic N) is 2. The van der Waals surface area contributed by atoms with Gasteiger partial charge in [-0.25, -0.2) is 13.4 Å². The van der Waals surface area contributed by atoms with E-state index in [1.807, 2.05) is 0 Å². The van der Waals surface area contributed by atoms with Crippen molar-refractivity contribution >= 4 is 42.6 Å². The van der Waals surface area contributed by atoms with Crippen LogP contribution in [0, 0.1) is 0 Å². The number of hydrogen-bond donors (Lipinski definition) is 0. The van der Waals surface area contributed by atoms with E-state index in [-0.39, 0.29) is 18.9 Å². The molecule has 0 amide bonds. The molecule has 10 heteroatoms. The van der Waals surface area contributed by atoms with Crippen LogP contribution in [0.15, 0.2) is 18.3 Å². The Hall–Kier alpha value is -1.16. The summed E-state index contributed by atoms with van der Waals surface area (Å²) in [6.07, 6.45) is 3.53. The van der Waals surface area contributed by atoms with E-state index >= 15 is 0 Å². The topological polar surface area (TPSA) is 95.3 Å². The Kier molecular flexibility index (Phi) is 4.81. The van der Waals surface area contributed by atoms with E-state index in [1.165, 1.54) is 6.20 Å². The molecule has 0 saturated heterocycles. The summed E-state index contributed by atoms with van der Waals surface area (Å²) in [6, 6.07) is 3.35. The molecule has 0 spiro atoms. The van der Waals surface area contributed by atoms with E-state index < -0.39 is 20.0 Å². The smallest absolute Gasteiger partial charge is 0.264 e. The van der Waals surface area contributed by atoms with Crippen LogP contribution in [0.25, 0.3) is 11.0 Å². The van der Waals surface area contributed by atoms with Crippen molar-refractivity contribution in [1.29, 1.82) is 0 Å². The zero-order valence-electron chi connectivity index (χ0n) is 12.0. The molecule has 0 aromatic carbocycles. The van der Waals surface area contributed by atoms with Gasteiger partial charge in [0.15, 0.2) is 0 Å². The quantitative estimate of drug-likeness (QED) is 0.713. The summed E-state index contributed by atoms with van der Waals surface area (Å²) in [4.78, 5) is 4.18. The number of aryl methyl sites for hydroxylation is 1. The zero-order chi connectivity index (χ0) is 16.5. The van der Waals surface area contributed by atoms with Gasteiger partial charge in [-0.3, -0.25) is 4.18 Å². The van der Waals surface area contributed by atoms with E-state index in [4.69, 9.17) is 15.8 Å². The van der Waals surface area contributed by atoms with Crippen molar-refractivity contribution in [3.05, 3.63) is 29.0 Å². The van der Waals surface area contributed by atoms with Gasteiger partial charge in [-0.15, -0.1) is 0 Å². The predicted molar refractivity (Wildman–Crippen MR) is 84.1 cm³/mol. The summed E-state index contributed by atoms with van der Waals surface area (Å²) in [5.41, 5.74) is 1.04. The first-order valence-electron chi connectivity index (χ1n) is 6.21. The van der Waals surface area contributed by atoms with Crippen LogP contribution in [0.2, 0.25) is 5.02 Å². The van der Waals surface area contributed by atoms with E-state index in [2.05, 4.69) is 4.98 Å². The number of rotatable bonds is 6. The van der Waals surface area contributed by atoms with Gasteiger partial charge in [0, 0.05) is 30.1 Å². The lowest BCUT2D eigenvalue weighted by Gasteiger charge is -2.09. The standard InChI is InChI=1S/C12H15ClN2O5S2/c1-21(16,17)4-3-15-11(8-20-22(2,18)19)6-9-5-10(13)7-14-12(9)15/h5-7H,3-4,8H2,1-2H3. The molecule has 22 heavy (non-hydrogen) atoms. The van der Waals surface area contributed by atoms with Crippen LogP contribution in [0.5, 0.6) is 0 Å². The third-order valence-electron chi connectivity index (χ3n) is 2.89. The van der Waals surface area contributed by atoms with Crippen LogP contribution < -0.4 is 0 Å². The lowest BCUT2D eigenvalue weighted by Crippen LogP contribution is -2.14. The van der Waals surface area contributed by atoms with E-state index in [9.17, 15) is 16.8 Å². The van der Waals surface area contributed by atoms with Crippen LogP contribution in [0.1, 0.15) is 5.69 Å². The third-order valence-corrected chi connectivity index (χ3v) is 4.57. The average Bonchev–Trinajstić information content (AvgIpc) is 2.69. The molecule has 2 heterocycles. The highest BCUT2D eigenvalue weighted by molar-refractivity contribution is 7.90. The van der Waals surface area contributed by atoms with Crippen LogP contribution in [-0.2, 0) is 37.3 Å². The molecule has 0 aliphatic heterocycles. The molecule has 0 aliphatic rings. The molecule has 2 rings (SSSR count).